The van der Waals surface area contributed by atoms with Gasteiger partial charge in [-0.25, -0.2) is 4.98 Å². The van der Waals surface area contributed by atoms with Crippen LogP contribution < -0.4 is 10.2 Å². The number of thiophene rings is 1. The van der Waals surface area contributed by atoms with Gasteiger partial charge in [0.25, 0.3) is 5.91 Å². The van der Waals surface area contributed by atoms with Crippen molar-refractivity contribution in [2.45, 2.75) is 45.4 Å². The van der Waals surface area contributed by atoms with E-state index < -0.39 is 17.6 Å². The maximum Gasteiger partial charge on any atom is 0.417 e. The number of hydrogen-bond acceptors (Lipinski definition) is 6. The largest absolute Gasteiger partial charge is 0.463 e. The van der Waals surface area contributed by atoms with Crippen molar-refractivity contribution in [3.05, 3.63) is 22.6 Å². The molecule has 0 aromatic carbocycles. The zero-order chi connectivity index (χ0) is 22.1. The van der Waals surface area contributed by atoms with Crippen LogP contribution in [0.1, 0.15) is 49.0 Å². The summed E-state index contributed by atoms with van der Waals surface area (Å²) < 4.78 is 46.2. The first-order chi connectivity index (χ1) is 14.1. The quantitative estimate of drug-likeness (QED) is 0.701. The first-order valence-corrected chi connectivity index (χ1v) is 10.6. The SMILES string of the molecule is CNC(=O)c1csc2c(C(F)(F)F)cc(N3CCC(CC(=O)OC(C)C)CC3)nc12. The summed E-state index contributed by atoms with van der Waals surface area (Å²) in [5.41, 5.74) is -0.590. The summed E-state index contributed by atoms with van der Waals surface area (Å²) in [4.78, 5) is 30.1. The Kier molecular flexibility index (Phi) is 6.54. The number of nitrogens with zero attached hydrogens (tertiary/aromatic N) is 2. The molecule has 1 aliphatic rings. The maximum atomic E-state index is 13.7. The third-order valence-electron chi connectivity index (χ3n) is 5.05. The minimum atomic E-state index is -4.56. The van der Waals surface area contributed by atoms with Crippen molar-refractivity contribution in [3.63, 3.8) is 0 Å². The minimum Gasteiger partial charge on any atom is -0.463 e. The Morgan fingerprint density at radius 3 is 2.57 bits per heavy atom. The second-order valence-electron chi connectivity index (χ2n) is 7.61. The Morgan fingerprint density at radius 1 is 1.33 bits per heavy atom. The lowest BCUT2D eigenvalue weighted by atomic mass is 9.93. The molecule has 0 unspecified atom stereocenters. The molecule has 1 saturated heterocycles. The normalized spacial score (nSPS) is 15.6. The highest BCUT2D eigenvalue weighted by Gasteiger charge is 2.36. The first kappa shape index (κ1) is 22.3. The summed E-state index contributed by atoms with van der Waals surface area (Å²) in [5.74, 6) is -0.403. The Balaban J connectivity index is 1.84. The minimum absolute atomic E-state index is 0.0452. The van der Waals surface area contributed by atoms with Gasteiger partial charge in [-0.1, -0.05) is 0 Å². The van der Waals surface area contributed by atoms with E-state index in [0.717, 1.165) is 17.4 Å². The number of rotatable bonds is 5. The third kappa shape index (κ3) is 4.85. The topological polar surface area (TPSA) is 71.5 Å². The lowest BCUT2D eigenvalue weighted by Gasteiger charge is -2.33. The molecule has 0 atom stereocenters. The molecule has 3 rings (SSSR count). The molecule has 6 nitrogen and oxygen atoms in total. The van der Waals surface area contributed by atoms with Gasteiger partial charge >= 0.3 is 12.1 Å². The van der Waals surface area contributed by atoms with Crippen molar-refractivity contribution in [2.24, 2.45) is 5.92 Å². The number of ether oxygens (including phenoxy) is 1. The van der Waals surface area contributed by atoms with Crippen molar-refractivity contribution in [1.29, 1.82) is 0 Å². The number of esters is 1. The van der Waals surface area contributed by atoms with Gasteiger partial charge in [-0.3, -0.25) is 9.59 Å². The van der Waals surface area contributed by atoms with E-state index in [2.05, 4.69) is 10.3 Å². The van der Waals surface area contributed by atoms with Gasteiger partial charge in [-0.15, -0.1) is 11.3 Å². The molecule has 30 heavy (non-hydrogen) atoms. The summed E-state index contributed by atoms with van der Waals surface area (Å²) in [5, 5.41) is 3.85. The fraction of sp³-hybridized carbons (Fsp3) is 0.550. The smallest absolute Gasteiger partial charge is 0.417 e. The number of anilines is 1. The lowest BCUT2D eigenvalue weighted by molar-refractivity contribution is -0.148. The molecule has 0 bridgehead atoms. The predicted molar refractivity (Wildman–Crippen MR) is 109 cm³/mol. The van der Waals surface area contributed by atoms with Gasteiger partial charge in [0.2, 0.25) is 0 Å². The van der Waals surface area contributed by atoms with Crippen LogP contribution in [0.5, 0.6) is 0 Å². The Morgan fingerprint density at radius 2 is 2.00 bits per heavy atom. The van der Waals surface area contributed by atoms with E-state index in [1.165, 1.54) is 12.4 Å². The average Bonchev–Trinajstić information content (AvgIpc) is 3.09. The van der Waals surface area contributed by atoms with Crippen LogP contribution in [0, 0.1) is 5.92 Å². The molecule has 1 amide bonds. The average molecular weight is 443 g/mol. The van der Waals surface area contributed by atoms with E-state index >= 15 is 0 Å². The molecule has 0 saturated carbocycles. The Hall–Kier alpha value is -2.36. The van der Waals surface area contributed by atoms with Crippen LogP contribution in [0.4, 0.5) is 19.0 Å². The second kappa shape index (κ2) is 8.79. The molecule has 10 heteroatoms. The second-order valence-corrected chi connectivity index (χ2v) is 8.48. The van der Waals surface area contributed by atoms with Crippen molar-refractivity contribution >= 4 is 39.2 Å². The van der Waals surface area contributed by atoms with Crippen molar-refractivity contribution in [1.82, 2.24) is 10.3 Å². The van der Waals surface area contributed by atoms with Crippen molar-refractivity contribution in [3.8, 4) is 0 Å². The number of aromatic nitrogens is 1. The fourth-order valence-electron chi connectivity index (χ4n) is 3.58. The number of halogens is 3. The molecular formula is C20H24F3N3O3S. The summed E-state index contributed by atoms with van der Waals surface area (Å²) >= 11 is 0.865. The number of fused-ring (bicyclic) bond motifs is 1. The summed E-state index contributed by atoms with van der Waals surface area (Å²) in [6.07, 6.45) is -3.12. The summed E-state index contributed by atoms with van der Waals surface area (Å²) in [6, 6.07) is 1.06. The number of alkyl halides is 3. The number of pyridine rings is 1. The molecule has 2 aromatic heterocycles. The number of nitrogens with one attached hydrogen (secondary N) is 1. The Labute approximate surface area is 176 Å². The number of piperidine rings is 1. The summed E-state index contributed by atoms with van der Waals surface area (Å²) in [7, 11) is 1.43. The van der Waals surface area contributed by atoms with E-state index in [-0.39, 0.29) is 39.6 Å². The molecule has 164 valence electrons. The highest BCUT2D eigenvalue weighted by atomic mass is 32.1. The molecule has 0 aliphatic carbocycles. The monoisotopic (exact) mass is 443 g/mol. The van der Waals surface area contributed by atoms with Crippen molar-refractivity contribution in [2.75, 3.05) is 25.0 Å². The van der Waals surface area contributed by atoms with E-state index in [4.69, 9.17) is 4.74 Å². The van der Waals surface area contributed by atoms with E-state index in [9.17, 15) is 22.8 Å². The van der Waals surface area contributed by atoms with E-state index in [0.29, 0.717) is 32.4 Å². The zero-order valence-corrected chi connectivity index (χ0v) is 17.8. The van der Waals surface area contributed by atoms with Crippen molar-refractivity contribution < 1.29 is 27.5 Å². The number of carbonyl (C=O) groups excluding carboxylic acids is 2. The molecule has 1 aliphatic heterocycles. The van der Waals surface area contributed by atoms with Crippen LogP contribution in [0.2, 0.25) is 0 Å². The number of carbonyl (C=O) groups is 2. The third-order valence-corrected chi connectivity index (χ3v) is 6.05. The molecule has 0 radical (unpaired) electrons. The zero-order valence-electron chi connectivity index (χ0n) is 17.0. The fourth-order valence-corrected chi connectivity index (χ4v) is 4.60. The van der Waals surface area contributed by atoms with Gasteiger partial charge in [0.1, 0.15) is 5.82 Å². The number of amides is 1. The Bertz CT molecular complexity index is 935. The van der Waals surface area contributed by atoms with Gasteiger partial charge in [0.05, 0.1) is 27.4 Å². The van der Waals surface area contributed by atoms with Crippen LogP contribution in [-0.4, -0.2) is 43.1 Å². The standard InChI is InChI=1S/C20H24F3N3O3S/c1-11(2)29-16(27)8-12-4-6-26(7-5-12)15-9-14(20(21,22)23)18-17(25-15)13(10-30-18)19(28)24-3/h9-12H,4-8H2,1-3H3,(H,24,28). The molecule has 1 fully saturated rings. The maximum absolute atomic E-state index is 13.7. The molecule has 3 heterocycles. The highest BCUT2D eigenvalue weighted by molar-refractivity contribution is 7.17. The van der Waals surface area contributed by atoms with Crippen LogP contribution in [0.25, 0.3) is 10.2 Å². The van der Waals surface area contributed by atoms with Crippen LogP contribution >= 0.6 is 11.3 Å². The van der Waals surface area contributed by atoms with Gasteiger partial charge in [-0.05, 0) is 38.7 Å². The molecule has 2 aromatic rings. The molecular weight excluding hydrogens is 419 g/mol. The van der Waals surface area contributed by atoms with Crippen LogP contribution in [0.15, 0.2) is 11.4 Å². The van der Waals surface area contributed by atoms with Gasteiger partial charge < -0.3 is 15.0 Å². The number of hydrogen-bond donors (Lipinski definition) is 1. The van der Waals surface area contributed by atoms with E-state index in [1.807, 2.05) is 0 Å². The van der Waals surface area contributed by atoms with E-state index in [1.54, 1.807) is 18.7 Å². The molecule has 1 N–H and O–H groups in total. The van der Waals surface area contributed by atoms with Crippen LogP contribution in [0.3, 0.4) is 0 Å². The molecule has 0 spiro atoms. The van der Waals surface area contributed by atoms with Crippen LogP contribution in [-0.2, 0) is 15.7 Å². The lowest BCUT2D eigenvalue weighted by Crippen LogP contribution is -2.35. The first-order valence-electron chi connectivity index (χ1n) is 9.76. The highest BCUT2D eigenvalue weighted by Crippen LogP contribution is 2.40. The van der Waals surface area contributed by atoms with Gasteiger partial charge in [-0.2, -0.15) is 13.2 Å². The van der Waals surface area contributed by atoms with Gasteiger partial charge in [0.15, 0.2) is 0 Å². The van der Waals surface area contributed by atoms with Gasteiger partial charge in [0, 0.05) is 31.9 Å². The predicted octanol–water partition coefficient (Wildman–Crippen LogP) is 4.23. The summed E-state index contributed by atoms with van der Waals surface area (Å²) in [6.45, 7) is 4.54.